The second-order valence-electron chi connectivity index (χ2n) is 7.13. The Morgan fingerprint density at radius 1 is 0.833 bits per heavy atom. The molecule has 144 valence electrons. The molecule has 0 saturated heterocycles. The number of aliphatic hydroxyl groups is 1. The first-order chi connectivity index (χ1) is 11.7. The van der Waals surface area contributed by atoms with Crippen molar-refractivity contribution in [3.05, 3.63) is 0 Å². The van der Waals surface area contributed by atoms with Crippen LogP contribution < -0.4 is 0 Å². The molecule has 0 aromatic carbocycles. The summed E-state index contributed by atoms with van der Waals surface area (Å²) in [5.41, 5.74) is 0. The first kappa shape index (κ1) is 24.0. The molecule has 0 spiro atoms. The van der Waals surface area contributed by atoms with Crippen LogP contribution in [0.2, 0.25) is 0 Å². The standard InChI is InChI=1S/C21H42O2S/c1-3-4-5-6-10-13-16-21(24-19-18-22)17-14-11-8-7-9-12-15-20(2)23/h21-22H,3-19H2,1-2H3. The Morgan fingerprint density at radius 2 is 1.33 bits per heavy atom. The van der Waals surface area contributed by atoms with Crippen LogP contribution in [-0.4, -0.2) is 28.5 Å². The fraction of sp³-hybridized carbons (Fsp3) is 0.952. The fourth-order valence-corrected chi connectivity index (χ4v) is 4.24. The van der Waals surface area contributed by atoms with Gasteiger partial charge in [0.2, 0.25) is 0 Å². The van der Waals surface area contributed by atoms with Gasteiger partial charge in [0.15, 0.2) is 0 Å². The number of aliphatic hydroxyl groups excluding tert-OH is 1. The summed E-state index contributed by atoms with van der Waals surface area (Å²) in [6.07, 6.45) is 19.2. The van der Waals surface area contributed by atoms with Crippen LogP contribution in [0.5, 0.6) is 0 Å². The highest BCUT2D eigenvalue weighted by atomic mass is 32.2. The Bertz CT molecular complexity index is 269. The molecule has 0 heterocycles. The van der Waals surface area contributed by atoms with Crippen molar-refractivity contribution in [3.8, 4) is 0 Å². The number of thioether (sulfide) groups is 1. The molecule has 0 rings (SSSR count). The predicted octanol–water partition coefficient (Wildman–Crippen LogP) is 6.54. The highest BCUT2D eigenvalue weighted by Gasteiger charge is 2.08. The Morgan fingerprint density at radius 3 is 1.83 bits per heavy atom. The molecule has 1 atom stereocenters. The number of carbonyl (C=O) groups is 1. The Labute approximate surface area is 155 Å². The van der Waals surface area contributed by atoms with Gasteiger partial charge >= 0.3 is 0 Å². The van der Waals surface area contributed by atoms with Crippen LogP contribution in [-0.2, 0) is 4.79 Å². The van der Waals surface area contributed by atoms with Gasteiger partial charge in [-0.25, -0.2) is 0 Å². The quantitative estimate of drug-likeness (QED) is 0.266. The van der Waals surface area contributed by atoms with E-state index in [1.54, 1.807) is 6.92 Å². The van der Waals surface area contributed by atoms with E-state index in [1.165, 1.54) is 83.5 Å². The van der Waals surface area contributed by atoms with E-state index in [2.05, 4.69) is 6.92 Å². The first-order valence-corrected chi connectivity index (χ1v) is 11.5. The molecule has 0 bridgehead atoms. The molecule has 2 nitrogen and oxygen atoms in total. The molecule has 0 fully saturated rings. The molecule has 24 heavy (non-hydrogen) atoms. The molecule has 0 aliphatic heterocycles. The smallest absolute Gasteiger partial charge is 0.129 e. The van der Waals surface area contributed by atoms with E-state index in [-0.39, 0.29) is 0 Å². The third-order valence-corrected chi connectivity index (χ3v) is 5.99. The van der Waals surface area contributed by atoms with Gasteiger partial charge in [-0.2, -0.15) is 11.8 Å². The summed E-state index contributed by atoms with van der Waals surface area (Å²) >= 11 is 1.98. The van der Waals surface area contributed by atoms with Crippen molar-refractivity contribution < 1.29 is 9.90 Å². The molecule has 0 radical (unpaired) electrons. The van der Waals surface area contributed by atoms with Gasteiger partial charge < -0.3 is 9.90 Å². The molecule has 3 heteroatoms. The van der Waals surface area contributed by atoms with Crippen molar-refractivity contribution >= 4 is 17.5 Å². The van der Waals surface area contributed by atoms with Gasteiger partial charge in [-0.15, -0.1) is 0 Å². The number of rotatable bonds is 19. The first-order valence-electron chi connectivity index (χ1n) is 10.4. The summed E-state index contributed by atoms with van der Waals surface area (Å²) in [7, 11) is 0. The van der Waals surface area contributed by atoms with Gasteiger partial charge in [0, 0.05) is 17.4 Å². The molecule has 1 unspecified atom stereocenters. The van der Waals surface area contributed by atoms with Crippen molar-refractivity contribution in [3.63, 3.8) is 0 Å². The predicted molar refractivity (Wildman–Crippen MR) is 109 cm³/mol. The highest BCUT2D eigenvalue weighted by Crippen LogP contribution is 2.24. The normalized spacial score (nSPS) is 12.5. The number of hydrogen-bond acceptors (Lipinski definition) is 3. The molecule has 1 N–H and O–H groups in total. The molecule has 0 aromatic rings. The Hall–Kier alpha value is -0.0200. The van der Waals surface area contributed by atoms with Crippen LogP contribution in [0.25, 0.3) is 0 Å². The number of carbonyl (C=O) groups excluding carboxylic acids is 1. The summed E-state index contributed by atoms with van der Waals surface area (Å²) in [4.78, 5) is 10.9. The number of Topliss-reactive ketones (excluding diaryl/α,β-unsaturated/α-hetero) is 1. The van der Waals surface area contributed by atoms with E-state index < -0.39 is 0 Å². The topological polar surface area (TPSA) is 37.3 Å². The van der Waals surface area contributed by atoms with Crippen LogP contribution >= 0.6 is 11.8 Å². The maximum Gasteiger partial charge on any atom is 0.129 e. The molecular formula is C21H42O2S. The molecule has 0 aliphatic carbocycles. The second-order valence-corrected chi connectivity index (χ2v) is 8.54. The van der Waals surface area contributed by atoms with E-state index in [1.807, 2.05) is 11.8 Å². The maximum absolute atomic E-state index is 10.9. The number of ketones is 1. The fourth-order valence-electron chi connectivity index (χ4n) is 3.14. The van der Waals surface area contributed by atoms with Gasteiger partial charge in [0.1, 0.15) is 5.78 Å². The summed E-state index contributed by atoms with van der Waals surface area (Å²) in [6.45, 7) is 4.27. The van der Waals surface area contributed by atoms with Crippen LogP contribution in [0.15, 0.2) is 0 Å². The largest absolute Gasteiger partial charge is 0.396 e. The third-order valence-electron chi connectivity index (χ3n) is 4.63. The van der Waals surface area contributed by atoms with Crippen molar-refractivity contribution in [1.29, 1.82) is 0 Å². The van der Waals surface area contributed by atoms with Gasteiger partial charge in [0.05, 0.1) is 6.61 Å². The average Bonchev–Trinajstić information content (AvgIpc) is 2.56. The number of hydrogen-bond donors (Lipinski definition) is 1. The molecule has 0 saturated carbocycles. The van der Waals surface area contributed by atoms with Gasteiger partial charge in [0.25, 0.3) is 0 Å². The van der Waals surface area contributed by atoms with E-state index in [0.29, 0.717) is 12.4 Å². The van der Waals surface area contributed by atoms with Crippen LogP contribution in [0, 0.1) is 0 Å². The lowest BCUT2D eigenvalue weighted by molar-refractivity contribution is -0.117. The average molecular weight is 359 g/mol. The number of unbranched alkanes of at least 4 members (excludes halogenated alkanes) is 10. The van der Waals surface area contributed by atoms with Gasteiger partial charge in [-0.1, -0.05) is 77.6 Å². The molecule has 0 amide bonds. The zero-order chi connectivity index (χ0) is 17.9. The van der Waals surface area contributed by atoms with Crippen LogP contribution in [0.4, 0.5) is 0 Å². The SMILES string of the molecule is CCCCCCCCC(CCCCCCCCC(C)=O)SCCO. The third kappa shape index (κ3) is 18.3. The second kappa shape index (κ2) is 19.3. The van der Waals surface area contributed by atoms with Crippen LogP contribution in [0.1, 0.15) is 110 Å². The molecule has 0 aromatic heterocycles. The van der Waals surface area contributed by atoms with Gasteiger partial charge in [-0.05, 0) is 26.2 Å². The van der Waals surface area contributed by atoms with Crippen molar-refractivity contribution in [2.75, 3.05) is 12.4 Å². The zero-order valence-corrected chi connectivity index (χ0v) is 17.2. The van der Waals surface area contributed by atoms with E-state index in [9.17, 15) is 4.79 Å². The van der Waals surface area contributed by atoms with Crippen LogP contribution in [0.3, 0.4) is 0 Å². The summed E-state index contributed by atoms with van der Waals surface area (Å²) < 4.78 is 0. The molecule has 0 aliphatic rings. The monoisotopic (exact) mass is 358 g/mol. The summed E-state index contributed by atoms with van der Waals surface area (Å²) in [5, 5.41) is 9.82. The summed E-state index contributed by atoms with van der Waals surface area (Å²) in [6, 6.07) is 0. The van der Waals surface area contributed by atoms with Gasteiger partial charge in [-0.3, -0.25) is 0 Å². The van der Waals surface area contributed by atoms with Crippen molar-refractivity contribution in [2.24, 2.45) is 0 Å². The maximum atomic E-state index is 10.9. The molecular weight excluding hydrogens is 316 g/mol. The minimum absolute atomic E-state index is 0.313. The van der Waals surface area contributed by atoms with Crippen molar-refractivity contribution in [1.82, 2.24) is 0 Å². The lowest BCUT2D eigenvalue weighted by atomic mass is 10.0. The van der Waals surface area contributed by atoms with Crippen molar-refractivity contribution in [2.45, 2.75) is 115 Å². The minimum Gasteiger partial charge on any atom is -0.396 e. The van der Waals surface area contributed by atoms with E-state index in [4.69, 9.17) is 5.11 Å². The van der Waals surface area contributed by atoms with E-state index >= 15 is 0 Å². The Kier molecular flexibility index (Phi) is 19.3. The Balaban J connectivity index is 3.58. The summed E-state index contributed by atoms with van der Waals surface area (Å²) in [5.74, 6) is 1.22. The lowest BCUT2D eigenvalue weighted by Gasteiger charge is -2.16. The zero-order valence-electron chi connectivity index (χ0n) is 16.4. The highest BCUT2D eigenvalue weighted by molar-refractivity contribution is 7.99. The lowest BCUT2D eigenvalue weighted by Crippen LogP contribution is -2.05. The van der Waals surface area contributed by atoms with E-state index in [0.717, 1.165) is 23.8 Å². The minimum atomic E-state index is 0.313.